The second-order valence-electron chi connectivity index (χ2n) is 2.79. The Hall–Kier alpha value is -0.300. The van der Waals surface area contributed by atoms with Crippen molar-refractivity contribution in [3.05, 3.63) is 11.1 Å². The molecule has 0 aliphatic carbocycles. The Morgan fingerprint density at radius 1 is 1.00 bits per heavy atom. The monoisotopic (exact) mass is 126 g/mol. The topological polar surface area (TPSA) is 9.23 Å². The van der Waals surface area contributed by atoms with Gasteiger partial charge in [0.15, 0.2) is 0 Å². The van der Waals surface area contributed by atoms with E-state index < -0.39 is 0 Å². The van der Waals surface area contributed by atoms with Gasteiger partial charge in [0, 0.05) is 0 Å². The molecule has 0 amide bonds. The predicted molar refractivity (Wildman–Crippen MR) is 38.4 cm³/mol. The Labute approximate surface area is 56.7 Å². The molecule has 0 aromatic carbocycles. The van der Waals surface area contributed by atoms with Gasteiger partial charge in [-0.2, -0.15) is 0 Å². The van der Waals surface area contributed by atoms with Crippen LogP contribution in [0.15, 0.2) is 11.1 Å². The molecule has 0 saturated heterocycles. The molecule has 2 atom stereocenters. The van der Waals surface area contributed by atoms with Crippen LogP contribution in [0.3, 0.4) is 0 Å². The highest BCUT2D eigenvalue weighted by Gasteiger charge is 2.21. The van der Waals surface area contributed by atoms with Crippen molar-refractivity contribution >= 4 is 0 Å². The van der Waals surface area contributed by atoms with Crippen LogP contribution in [0.25, 0.3) is 0 Å². The Kier molecular flexibility index (Phi) is 1.62. The summed E-state index contributed by atoms with van der Waals surface area (Å²) >= 11 is 0. The lowest BCUT2D eigenvalue weighted by atomic mass is 10.1. The maximum Gasteiger partial charge on any atom is 0.0765 e. The van der Waals surface area contributed by atoms with E-state index in [-0.39, 0.29) is 0 Å². The maximum atomic E-state index is 5.51. The van der Waals surface area contributed by atoms with Crippen LogP contribution in [-0.2, 0) is 4.74 Å². The minimum atomic E-state index is 0.347. The van der Waals surface area contributed by atoms with Gasteiger partial charge in [-0.1, -0.05) is 0 Å². The Morgan fingerprint density at radius 3 is 1.44 bits per heavy atom. The van der Waals surface area contributed by atoms with Gasteiger partial charge in [-0.15, -0.1) is 0 Å². The van der Waals surface area contributed by atoms with E-state index in [1.807, 2.05) is 0 Å². The molecule has 0 saturated carbocycles. The van der Waals surface area contributed by atoms with Crippen molar-refractivity contribution in [2.75, 3.05) is 0 Å². The molecule has 9 heavy (non-hydrogen) atoms. The molecule has 1 heterocycles. The zero-order valence-corrected chi connectivity index (χ0v) is 6.56. The first-order valence-electron chi connectivity index (χ1n) is 3.45. The van der Waals surface area contributed by atoms with Crippen LogP contribution in [-0.4, -0.2) is 12.2 Å². The quantitative estimate of drug-likeness (QED) is 0.452. The molecule has 0 bridgehead atoms. The third-order valence-electron chi connectivity index (χ3n) is 2.25. The first-order chi connectivity index (χ1) is 4.13. The highest BCUT2D eigenvalue weighted by molar-refractivity contribution is 5.21. The summed E-state index contributed by atoms with van der Waals surface area (Å²) < 4.78 is 5.51. The second-order valence-corrected chi connectivity index (χ2v) is 2.79. The average Bonchev–Trinajstić information content (AvgIpc) is 1.98. The fraction of sp³-hybridized carbons (Fsp3) is 0.750. The van der Waals surface area contributed by atoms with Gasteiger partial charge in [0.1, 0.15) is 0 Å². The van der Waals surface area contributed by atoms with E-state index in [0.717, 1.165) is 0 Å². The minimum absolute atomic E-state index is 0.347. The van der Waals surface area contributed by atoms with Crippen molar-refractivity contribution in [1.29, 1.82) is 0 Å². The minimum Gasteiger partial charge on any atom is -0.367 e. The first-order valence-corrected chi connectivity index (χ1v) is 3.45. The first kappa shape index (κ1) is 6.81. The molecule has 1 heteroatoms. The van der Waals surface area contributed by atoms with Crippen LogP contribution >= 0.6 is 0 Å². The zero-order chi connectivity index (χ0) is 7.02. The normalized spacial score (nSPS) is 36.0. The standard InChI is InChI=1S/C8H14O/c1-5-6(2)8(4)9-7(5)3/h7-8H,1-4H3. The van der Waals surface area contributed by atoms with Crippen LogP contribution in [0.4, 0.5) is 0 Å². The van der Waals surface area contributed by atoms with Crippen LogP contribution in [0.1, 0.15) is 27.7 Å². The average molecular weight is 126 g/mol. The van der Waals surface area contributed by atoms with E-state index in [1.165, 1.54) is 11.1 Å². The highest BCUT2D eigenvalue weighted by atomic mass is 16.5. The molecule has 0 radical (unpaired) electrons. The predicted octanol–water partition coefficient (Wildman–Crippen LogP) is 2.13. The lowest BCUT2D eigenvalue weighted by Gasteiger charge is -2.05. The lowest BCUT2D eigenvalue weighted by Crippen LogP contribution is -2.06. The van der Waals surface area contributed by atoms with Crippen molar-refractivity contribution in [1.82, 2.24) is 0 Å². The highest BCUT2D eigenvalue weighted by Crippen LogP contribution is 2.25. The van der Waals surface area contributed by atoms with E-state index in [0.29, 0.717) is 12.2 Å². The third-order valence-corrected chi connectivity index (χ3v) is 2.25. The third kappa shape index (κ3) is 1.01. The summed E-state index contributed by atoms with van der Waals surface area (Å²) in [6, 6.07) is 0. The van der Waals surface area contributed by atoms with Crippen LogP contribution in [0.2, 0.25) is 0 Å². The van der Waals surface area contributed by atoms with Gasteiger partial charge < -0.3 is 4.74 Å². The Balaban J connectivity index is 2.79. The van der Waals surface area contributed by atoms with Crippen LogP contribution in [0.5, 0.6) is 0 Å². The molecule has 0 aromatic heterocycles. The smallest absolute Gasteiger partial charge is 0.0765 e. The SMILES string of the molecule is CC1=C(C)C(C)OC1C. The van der Waals surface area contributed by atoms with Gasteiger partial charge in [-0.3, -0.25) is 0 Å². The van der Waals surface area contributed by atoms with E-state index in [1.54, 1.807) is 0 Å². The summed E-state index contributed by atoms with van der Waals surface area (Å²) in [4.78, 5) is 0. The van der Waals surface area contributed by atoms with E-state index in [2.05, 4.69) is 27.7 Å². The molecule has 0 fully saturated rings. The Morgan fingerprint density at radius 2 is 1.33 bits per heavy atom. The molecule has 52 valence electrons. The molecular formula is C8H14O. The molecule has 1 rings (SSSR count). The van der Waals surface area contributed by atoms with Crippen molar-refractivity contribution in [2.45, 2.75) is 39.9 Å². The number of rotatable bonds is 0. The van der Waals surface area contributed by atoms with Crippen LogP contribution < -0.4 is 0 Å². The molecule has 1 aliphatic rings. The lowest BCUT2D eigenvalue weighted by molar-refractivity contribution is 0.0746. The second kappa shape index (κ2) is 2.14. The number of ether oxygens (including phenoxy) is 1. The van der Waals surface area contributed by atoms with Gasteiger partial charge in [0.2, 0.25) is 0 Å². The maximum absolute atomic E-state index is 5.51. The van der Waals surface area contributed by atoms with Gasteiger partial charge in [-0.25, -0.2) is 0 Å². The van der Waals surface area contributed by atoms with Gasteiger partial charge in [-0.05, 0) is 38.8 Å². The zero-order valence-electron chi connectivity index (χ0n) is 6.56. The summed E-state index contributed by atoms with van der Waals surface area (Å²) in [5.41, 5.74) is 2.81. The van der Waals surface area contributed by atoms with Crippen molar-refractivity contribution in [2.24, 2.45) is 0 Å². The molecule has 0 spiro atoms. The summed E-state index contributed by atoms with van der Waals surface area (Å²) in [5, 5.41) is 0. The fourth-order valence-corrected chi connectivity index (χ4v) is 1.15. The van der Waals surface area contributed by atoms with Gasteiger partial charge in [0.05, 0.1) is 12.2 Å². The van der Waals surface area contributed by atoms with Crippen molar-refractivity contribution in [3.8, 4) is 0 Å². The van der Waals surface area contributed by atoms with E-state index in [9.17, 15) is 0 Å². The van der Waals surface area contributed by atoms with Gasteiger partial charge >= 0.3 is 0 Å². The molecule has 1 nitrogen and oxygen atoms in total. The van der Waals surface area contributed by atoms with Gasteiger partial charge in [0.25, 0.3) is 0 Å². The molecule has 1 aliphatic heterocycles. The largest absolute Gasteiger partial charge is 0.367 e. The molecular weight excluding hydrogens is 112 g/mol. The van der Waals surface area contributed by atoms with Crippen LogP contribution in [0, 0.1) is 0 Å². The molecule has 2 unspecified atom stereocenters. The Bertz CT molecular complexity index is 131. The van der Waals surface area contributed by atoms with E-state index in [4.69, 9.17) is 4.74 Å². The molecule has 0 aromatic rings. The van der Waals surface area contributed by atoms with Crippen molar-refractivity contribution < 1.29 is 4.74 Å². The fourth-order valence-electron chi connectivity index (χ4n) is 1.15. The summed E-state index contributed by atoms with van der Waals surface area (Å²) in [7, 11) is 0. The summed E-state index contributed by atoms with van der Waals surface area (Å²) in [5.74, 6) is 0. The van der Waals surface area contributed by atoms with E-state index >= 15 is 0 Å². The number of hydrogen-bond donors (Lipinski definition) is 0. The molecule has 0 N–H and O–H groups in total. The number of hydrogen-bond acceptors (Lipinski definition) is 1. The summed E-state index contributed by atoms with van der Waals surface area (Å²) in [6.45, 7) is 8.48. The summed E-state index contributed by atoms with van der Waals surface area (Å²) in [6.07, 6.45) is 0.694. The van der Waals surface area contributed by atoms with Crippen molar-refractivity contribution in [3.63, 3.8) is 0 Å².